The molecule has 0 aliphatic rings. The number of nitrogens with zero attached hydrogens (tertiary/aromatic N) is 1. The van der Waals surface area contributed by atoms with Crippen LogP contribution in [0.5, 0.6) is 0 Å². The van der Waals surface area contributed by atoms with E-state index in [1.54, 1.807) is 0 Å². The normalized spacial score (nSPS) is 15.7. The van der Waals surface area contributed by atoms with E-state index in [2.05, 4.69) is 0 Å². The number of hydrogen-bond donors (Lipinski definition) is 1. The molecule has 60 valence electrons. The summed E-state index contributed by atoms with van der Waals surface area (Å²) < 4.78 is 0.845. The Labute approximate surface area is 63.7 Å². The second-order valence-electron chi connectivity index (χ2n) is 1.72. The number of rotatable bonds is 1. The molecule has 0 saturated heterocycles. The Bertz CT molecular complexity index is 187. The maximum Gasteiger partial charge on any atom is 0.281 e. The molecule has 0 radical (unpaired) electrons. The molecule has 10 heavy (non-hydrogen) atoms. The Morgan fingerprint density at radius 1 is 1.80 bits per heavy atom. The third-order valence-corrected chi connectivity index (χ3v) is 4.75. The molecule has 0 spiro atoms. The summed E-state index contributed by atoms with van der Waals surface area (Å²) in [7, 11) is 2.08. The molecule has 4 nitrogen and oxygen atoms in total. The van der Waals surface area contributed by atoms with Crippen molar-refractivity contribution in [2.45, 2.75) is 6.92 Å². The smallest absolute Gasteiger partial charge is 0.281 e. The van der Waals surface area contributed by atoms with Crippen molar-refractivity contribution in [2.75, 3.05) is 13.3 Å². The van der Waals surface area contributed by atoms with Gasteiger partial charge in [0.25, 0.3) is 6.64 Å². The molecule has 0 rings (SSSR count). The zero-order valence-electron chi connectivity index (χ0n) is 6.07. The Balaban J connectivity index is 4.50. The van der Waals surface area contributed by atoms with Crippen LogP contribution in [0.25, 0.3) is 0 Å². The van der Waals surface area contributed by atoms with Gasteiger partial charge in [-0.1, -0.05) is 0 Å². The average molecular weight is 183 g/mol. The first kappa shape index (κ1) is 10.0. The summed E-state index contributed by atoms with van der Waals surface area (Å²) in [5.74, 6) is -0.403. The molecule has 0 aliphatic carbocycles. The lowest BCUT2D eigenvalue weighted by atomic mass is 10.7. The van der Waals surface area contributed by atoms with Crippen LogP contribution in [0.2, 0.25) is 0 Å². The fraction of sp³-hybridized carbons (Fsp3) is 0.750. The SMILES string of the molecule is C[S+]=P([O-])(O)N(C)C(C)=O. The van der Waals surface area contributed by atoms with Crippen LogP contribution in [-0.2, 0) is 15.7 Å². The summed E-state index contributed by atoms with van der Waals surface area (Å²) in [6.07, 6.45) is 1.49. The lowest BCUT2D eigenvalue weighted by Gasteiger charge is -2.23. The molecule has 0 aromatic heterocycles. The van der Waals surface area contributed by atoms with E-state index < -0.39 is 12.5 Å². The highest BCUT2D eigenvalue weighted by atomic mass is 32.5. The molecule has 0 fully saturated rings. The van der Waals surface area contributed by atoms with Crippen molar-refractivity contribution in [3.63, 3.8) is 0 Å². The highest BCUT2D eigenvalue weighted by molar-refractivity contribution is 8.17. The second-order valence-corrected chi connectivity index (χ2v) is 6.18. The van der Waals surface area contributed by atoms with Crippen LogP contribution in [0, 0.1) is 0 Å². The van der Waals surface area contributed by atoms with Gasteiger partial charge in [0.05, 0.1) is 0 Å². The van der Waals surface area contributed by atoms with Crippen molar-refractivity contribution >= 4 is 23.5 Å². The zero-order valence-corrected chi connectivity index (χ0v) is 7.78. The Morgan fingerprint density at radius 2 is 2.20 bits per heavy atom. The van der Waals surface area contributed by atoms with Gasteiger partial charge in [0.15, 0.2) is 17.2 Å². The lowest BCUT2D eigenvalue weighted by molar-refractivity contribution is -0.190. The second kappa shape index (κ2) is 3.44. The van der Waals surface area contributed by atoms with Crippen molar-refractivity contribution in [1.82, 2.24) is 4.67 Å². The maximum atomic E-state index is 10.9. The van der Waals surface area contributed by atoms with Crippen LogP contribution in [0.3, 0.4) is 0 Å². The Hall–Kier alpha value is 0.0400. The maximum absolute atomic E-state index is 10.9. The minimum Gasteiger partial charge on any atom is -0.747 e. The van der Waals surface area contributed by atoms with E-state index in [9.17, 15) is 9.69 Å². The fourth-order valence-electron chi connectivity index (χ4n) is 0.300. The van der Waals surface area contributed by atoms with E-state index in [1.165, 1.54) is 20.2 Å². The van der Waals surface area contributed by atoms with Crippen molar-refractivity contribution in [3.05, 3.63) is 0 Å². The van der Waals surface area contributed by atoms with E-state index in [1.807, 2.05) is 0 Å². The summed E-state index contributed by atoms with van der Waals surface area (Å²) in [6, 6.07) is 0. The van der Waals surface area contributed by atoms with Crippen LogP contribution in [0.15, 0.2) is 0 Å². The van der Waals surface area contributed by atoms with Gasteiger partial charge in [0.1, 0.15) is 0 Å². The van der Waals surface area contributed by atoms with Crippen molar-refractivity contribution in [2.24, 2.45) is 0 Å². The molecule has 0 heterocycles. The van der Waals surface area contributed by atoms with Crippen LogP contribution >= 0.6 is 6.64 Å². The van der Waals surface area contributed by atoms with E-state index in [-0.39, 0.29) is 0 Å². The van der Waals surface area contributed by atoms with Crippen molar-refractivity contribution in [3.8, 4) is 0 Å². The highest BCUT2D eigenvalue weighted by Gasteiger charge is 2.18. The topological polar surface area (TPSA) is 63.6 Å². The lowest BCUT2D eigenvalue weighted by Crippen LogP contribution is -2.26. The number of carbonyl (C=O) groups is 1. The van der Waals surface area contributed by atoms with Gasteiger partial charge in [0, 0.05) is 14.0 Å². The first-order valence-corrected chi connectivity index (χ1v) is 5.99. The molecule has 1 amide bonds. The molecule has 0 aliphatic heterocycles. The summed E-state index contributed by atoms with van der Waals surface area (Å²) >= 11 is 0. The Morgan fingerprint density at radius 3 is 2.30 bits per heavy atom. The molecular formula is C4H10NO3PS. The van der Waals surface area contributed by atoms with Gasteiger partial charge >= 0.3 is 0 Å². The third-order valence-electron chi connectivity index (χ3n) is 1.07. The summed E-state index contributed by atoms with van der Waals surface area (Å²) in [6.45, 7) is -2.17. The molecule has 1 N–H and O–H groups in total. The number of carbonyl (C=O) groups excluding carboxylic acids is 1. The number of hydrogen-bond acceptors (Lipinski definition) is 2. The van der Waals surface area contributed by atoms with Gasteiger partial charge in [-0.3, -0.25) is 9.46 Å². The first-order chi connectivity index (χ1) is 4.41. The van der Waals surface area contributed by atoms with E-state index >= 15 is 0 Å². The zero-order chi connectivity index (χ0) is 8.36. The minimum atomic E-state index is -3.42. The molecule has 1 atom stereocenters. The molecular weight excluding hydrogens is 173 g/mol. The molecule has 0 aromatic rings. The molecule has 0 aromatic carbocycles. The molecule has 0 saturated carbocycles. The van der Waals surface area contributed by atoms with Crippen LogP contribution in [-0.4, -0.2) is 28.8 Å². The molecule has 0 bridgehead atoms. The minimum absolute atomic E-state index is 0.403. The largest absolute Gasteiger partial charge is 0.747 e. The summed E-state index contributed by atoms with van der Waals surface area (Å²) in [5, 5.41) is 0. The van der Waals surface area contributed by atoms with Gasteiger partial charge in [-0.25, -0.2) is 0 Å². The summed E-state index contributed by atoms with van der Waals surface area (Å²) in [5.41, 5.74) is 0. The predicted octanol–water partition coefficient (Wildman–Crippen LogP) is -0.793. The van der Waals surface area contributed by atoms with Crippen LogP contribution in [0.1, 0.15) is 6.92 Å². The third kappa shape index (κ3) is 2.34. The highest BCUT2D eigenvalue weighted by Crippen LogP contribution is 2.35. The quantitative estimate of drug-likeness (QED) is 0.428. The molecule has 6 heteroatoms. The van der Waals surface area contributed by atoms with Gasteiger partial charge in [-0.15, -0.1) is 0 Å². The fourth-order valence-corrected chi connectivity index (χ4v) is 1.98. The Kier molecular flexibility index (Phi) is 3.45. The first-order valence-electron chi connectivity index (χ1n) is 2.55. The monoisotopic (exact) mass is 183 g/mol. The number of amides is 1. The van der Waals surface area contributed by atoms with Crippen LogP contribution < -0.4 is 4.89 Å². The van der Waals surface area contributed by atoms with E-state index in [4.69, 9.17) is 4.89 Å². The average Bonchev–Trinajstić information content (AvgIpc) is 1.86. The van der Waals surface area contributed by atoms with E-state index in [0.717, 1.165) is 15.6 Å². The van der Waals surface area contributed by atoms with Gasteiger partial charge in [-0.05, 0) is 0 Å². The summed E-state index contributed by atoms with van der Waals surface area (Å²) in [4.78, 5) is 30.5. The van der Waals surface area contributed by atoms with Gasteiger partial charge in [-0.2, -0.15) is 0 Å². The molecule has 1 unspecified atom stereocenters. The predicted molar refractivity (Wildman–Crippen MR) is 40.9 cm³/mol. The van der Waals surface area contributed by atoms with E-state index in [0.29, 0.717) is 0 Å². The van der Waals surface area contributed by atoms with Crippen molar-refractivity contribution < 1.29 is 14.6 Å². The van der Waals surface area contributed by atoms with Crippen molar-refractivity contribution in [1.29, 1.82) is 0 Å². The standard InChI is InChI=1S/C4H10NO3PS/c1-4(6)5(2)9(7,8)10-3/h1-3H3,(H-,7,8). The van der Waals surface area contributed by atoms with Gasteiger partial charge in [0.2, 0.25) is 5.91 Å². The van der Waals surface area contributed by atoms with Crippen LogP contribution in [0.4, 0.5) is 0 Å². The van der Waals surface area contributed by atoms with Gasteiger partial charge < -0.3 is 9.79 Å².